The molecule has 0 rings (SSSR count). The summed E-state index contributed by atoms with van der Waals surface area (Å²) >= 11 is 0. The van der Waals surface area contributed by atoms with Crippen molar-refractivity contribution in [2.24, 2.45) is 0 Å². The Morgan fingerprint density at radius 2 is 0.853 bits per heavy atom. The number of carbonyl (C=O) groups excluding carboxylic acids is 2. The highest BCUT2D eigenvalue weighted by molar-refractivity contribution is 7.45. The molecule has 0 saturated heterocycles. The molecule has 3 unspecified atom stereocenters. The number of unbranched alkanes of at least 4 members (excludes halogenated alkanes) is 30. The summed E-state index contributed by atoms with van der Waals surface area (Å²) in [6.07, 6.45) is 70.1. The van der Waals surface area contributed by atoms with Crippen molar-refractivity contribution in [2.75, 3.05) is 40.9 Å². The van der Waals surface area contributed by atoms with Crippen LogP contribution in [0.25, 0.3) is 0 Å². The van der Waals surface area contributed by atoms with E-state index in [4.69, 9.17) is 13.8 Å². The third-order valence-corrected chi connectivity index (χ3v) is 14.6. The minimum Gasteiger partial charge on any atom is -0.756 e. The molecule has 0 bridgehead atoms. The predicted molar refractivity (Wildman–Crippen MR) is 321 cm³/mol. The Hall–Kier alpha value is -2.55. The van der Waals surface area contributed by atoms with E-state index in [1.54, 1.807) is 0 Å². The lowest BCUT2D eigenvalue weighted by Crippen LogP contribution is -2.47. The Kier molecular flexibility index (Phi) is 52.9. The van der Waals surface area contributed by atoms with E-state index in [2.05, 4.69) is 86.8 Å². The first-order chi connectivity index (χ1) is 36.4. The molecule has 0 aliphatic carbocycles. The number of quaternary nitrogens is 1. The summed E-state index contributed by atoms with van der Waals surface area (Å²) in [5, 5.41) is 3.03. The van der Waals surface area contributed by atoms with E-state index in [1.807, 2.05) is 33.3 Å². The number of esters is 1. The van der Waals surface area contributed by atoms with Gasteiger partial charge in [0, 0.05) is 12.8 Å². The van der Waals surface area contributed by atoms with E-state index < -0.39 is 26.6 Å². The van der Waals surface area contributed by atoms with Crippen LogP contribution in [0.2, 0.25) is 0 Å². The normalized spacial score (nSPS) is 14.2. The molecule has 1 amide bonds. The number of likely N-dealkylation sites (N-methyl/N-ethyl adjacent to an activating group) is 1. The largest absolute Gasteiger partial charge is 0.756 e. The average molecular weight is 1070 g/mol. The van der Waals surface area contributed by atoms with Crippen molar-refractivity contribution >= 4 is 19.7 Å². The Bertz CT molecular complexity index is 1510. The number of phosphoric ester groups is 1. The molecule has 0 aromatic carbocycles. The van der Waals surface area contributed by atoms with Crippen LogP contribution in [-0.4, -0.2) is 69.4 Å². The van der Waals surface area contributed by atoms with Crippen LogP contribution in [0.1, 0.15) is 278 Å². The fraction of sp³-hybridized carbons (Fsp3) is 0.785. The molecule has 3 atom stereocenters. The average Bonchev–Trinajstić information content (AvgIpc) is 3.37. The van der Waals surface area contributed by atoms with E-state index in [1.165, 1.54) is 135 Å². The molecular weight excluding hydrogens is 952 g/mol. The third-order valence-electron chi connectivity index (χ3n) is 13.7. The Balaban J connectivity index is 5.24. The topological polar surface area (TPSA) is 114 Å². The fourth-order valence-electron chi connectivity index (χ4n) is 8.84. The van der Waals surface area contributed by atoms with Gasteiger partial charge in [0.1, 0.15) is 19.3 Å². The first kappa shape index (κ1) is 72.5. The van der Waals surface area contributed by atoms with E-state index in [0.29, 0.717) is 23.9 Å². The summed E-state index contributed by atoms with van der Waals surface area (Å²) in [6, 6.07) is -0.896. The predicted octanol–water partition coefficient (Wildman–Crippen LogP) is 18.6. The molecule has 0 spiro atoms. The number of amides is 1. The first-order valence-electron chi connectivity index (χ1n) is 31.2. The highest BCUT2D eigenvalue weighted by Gasteiger charge is 2.27. The van der Waals surface area contributed by atoms with Crippen molar-refractivity contribution in [2.45, 2.75) is 290 Å². The van der Waals surface area contributed by atoms with Gasteiger partial charge in [-0.1, -0.05) is 261 Å². The van der Waals surface area contributed by atoms with E-state index in [-0.39, 0.29) is 24.9 Å². The summed E-state index contributed by atoms with van der Waals surface area (Å²) in [7, 11) is 1.17. The monoisotopic (exact) mass is 1070 g/mol. The van der Waals surface area contributed by atoms with Crippen molar-refractivity contribution in [3.05, 3.63) is 72.9 Å². The zero-order valence-corrected chi connectivity index (χ0v) is 50.6. The van der Waals surface area contributed by atoms with Crippen LogP contribution in [0, 0.1) is 0 Å². The first-order valence-corrected chi connectivity index (χ1v) is 32.7. The molecule has 0 fully saturated rings. The van der Waals surface area contributed by atoms with Crippen LogP contribution in [0.5, 0.6) is 0 Å². The van der Waals surface area contributed by atoms with Gasteiger partial charge in [0.05, 0.1) is 33.8 Å². The second-order valence-electron chi connectivity index (χ2n) is 22.2. The Labute approximate surface area is 463 Å². The second kappa shape index (κ2) is 54.8. The molecule has 75 heavy (non-hydrogen) atoms. The third kappa shape index (κ3) is 56.0. The van der Waals surface area contributed by atoms with Gasteiger partial charge in [0.15, 0.2) is 0 Å². The van der Waals surface area contributed by atoms with Crippen molar-refractivity contribution in [1.29, 1.82) is 0 Å². The van der Waals surface area contributed by atoms with Crippen LogP contribution >= 0.6 is 7.82 Å². The van der Waals surface area contributed by atoms with Crippen LogP contribution in [0.3, 0.4) is 0 Å². The zero-order chi connectivity index (χ0) is 55.0. The molecule has 0 aromatic rings. The van der Waals surface area contributed by atoms with Crippen LogP contribution in [0.4, 0.5) is 0 Å². The summed E-state index contributed by atoms with van der Waals surface area (Å²) in [5.41, 5.74) is 0. The molecule has 0 radical (unpaired) electrons. The van der Waals surface area contributed by atoms with Gasteiger partial charge in [0.25, 0.3) is 7.82 Å². The number of phosphoric acid groups is 1. The Morgan fingerprint density at radius 3 is 1.28 bits per heavy atom. The standard InChI is InChI=1S/C65H119N2O7P/c1-7-10-13-16-19-22-25-27-29-31-32-33-34-36-38-40-43-46-49-52-55-58-65(69)74-63(56-53-50-47-44-41-24-21-18-15-12-9-3)62(61-73-75(70,71)72-60-59-67(4,5)6)66-64(68)57-54-51-48-45-42-39-37-35-30-28-26-23-20-17-14-11-8-2/h10,13,19,22,27,29,32-33,36,38,53,56,62-63H,7-9,11-12,14-18,20-21,23-26,28,30-31,34-35,37,39-52,54-55,57-61H2,1-6H3,(H-,66,68,70,71)/b13-10-,22-19-,29-27-,33-32-,38-36-,56-53+. The van der Waals surface area contributed by atoms with Gasteiger partial charge in [-0.05, 0) is 76.7 Å². The number of ether oxygens (including phenoxy) is 1. The SMILES string of the molecule is CC/C=C\C/C=C\C/C=C\C/C=C\C/C=C\CCCCCCCC(=O)OC(/C=C/CCCCCCCCCCC)C(COP(=O)([O-])OCC[N+](C)(C)C)NC(=O)CCCCCCCCCCCCCCCCCCC. The van der Waals surface area contributed by atoms with E-state index in [9.17, 15) is 19.0 Å². The van der Waals surface area contributed by atoms with Crippen molar-refractivity contribution in [1.82, 2.24) is 5.32 Å². The molecule has 1 N–H and O–H groups in total. The number of hydrogen-bond donors (Lipinski definition) is 1. The lowest BCUT2D eigenvalue weighted by atomic mass is 10.0. The molecule has 0 saturated carbocycles. The van der Waals surface area contributed by atoms with E-state index in [0.717, 1.165) is 103 Å². The lowest BCUT2D eigenvalue weighted by Gasteiger charge is -2.30. The number of hydrogen-bond acceptors (Lipinski definition) is 7. The molecule has 0 aliphatic heterocycles. The van der Waals surface area contributed by atoms with Crippen molar-refractivity contribution in [3.63, 3.8) is 0 Å². The number of carbonyl (C=O) groups is 2. The van der Waals surface area contributed by atoms with Gasteiger partial charge in [-0.3, -0.25) is 14.2 Å². The van der Waals surface area contributed by atoms with Crippen LogP contribution < -0.4 is 10.2 Å². The van der Waals surface area contributed by atoms with Gasteiger partial charge in [0.2, 0.25) is 5.91 Å². The summed E-state index contributed by atoms with van der Waals surface area (Å²) in [6.45, 7) is 6.73. The molecule has 436 valence electrons. The molecule has 9 nitrogen and oxygen atoms in total. The molecule has 10 heteroatoms. The van der Waals surface area contributed by atoms with Gasteiger partial charge < -0.3 is 28.5 Å². The van der Waals surface area contributed by atoms with Crippen LogP contribution in [0.15, 0.2) is 72.9 Å². The summed E-state index contributed by atoms with van der Waals surface area (Å²) in [4.78, 5) is 40.0. The molecule has 0 aliphatic rings. The smallest absolute Gasteiger partial charge is 0.306 e. The quantitative estimate of drug-likeness (QED) is 0.0212. The minimum absolute atomic E-state index is 0.0267. The maximum Gasteiger partial charge on any atom is 0.306 e. The van der Waals surface area contributed by atoms with Gasteiger partial charge >= 0.3 is 5.97 Å². The van der Waals surface area contributed by atoms with Crippen LogP contribution in [-0.2, 0) is 27.9 Å². The fourth-order valence-corrected chi connectivity index (χ4v) is 9.57. The van der Waals surface area contributed by atoms with Gasteiger partial charge in [-0.15, -0.1) is 0 Å². The van der Waals surface area contributed by atoms with E-state index >= 15 is 0 Å². The summed E-state index contributed by atoms with van der Waals surface area (Å²) in [5.74, 6) is -0.558. The lowest BCUT2D eigenvalue weighted by molar-refractivity contribution is -0.870. The number of nitrogens with one attached hydrogen (secondary N) is 1. The van der Waals surface area contributed by atoms with Gasteiger partial charge in [-0.2, -0.15) is 0 Å². The number of rotatable bonds is 56. The maximum absolute atomic E-state index is 13.5. The molecule has 0 heterocycles. The molecular formula is C65H119N2O7P. The second-order valence-corrected chi connectivity index (χ2v) is 23.6. The van der Waals surface area contributed by atoms with Crippen molar-refractivity contribution in [3.8, 4) is 0 Å². The highest BCUT2D eigenvalue weighted by atomic mass is 31.2. The summed E-state index contributed by atoms with van der Waals surface area (Å²) < 4.78 is 30.3. The minimum atomic E-state index is -4.70. The maximum atomic E-state index is 13.5. The Morgan fingerprint density at radius 1 is 0.480 bits per heavy atom. The highest BCUT2D eigenvalue weighted by Crippen LogP contribution is 2.38. The van der Waals surface area contributed by atoms with Crippen molar-refractivity contribution < 1.29 is 37.3 Å². The van der Waals surface area contributed by atoms with Gasteiger partial charge in [-0.25, -0.2) is 0 Å². The number of nitrogens with zero attached hydrogens (tertiary/aromatic N) is 1. The molecule has 0 aromatic heterocycles. The number of allylic oxidation sites excluding steroid dienone is 11. The zero-order valence-electron chi connectivity index (χ0n) is 49.7.